The fraction of sp³-hybridized carbons (Fsp3) is 0.250. The molecule has 132 valence electrons. The molecule has 0 aromatic heterocycles. The van der Waals surface area contributed by atoms with Gasteiger partial charge in [0.1, 0.15) is 0 Å². The molecule has 2 nitrogen and oxygen atoms in total. The summed E-state index contributed by atoms with van der Waals surface area (Å²) in [5.74, 6) is 0. The summed E-state index contributed by atoms with van der Waals surface area (Å²) in [5.41, 5.74) is 3.35. The first kappa shape index (κ1) is 17.0. The summed E-state index contributed by atoms with van der Waals surface area (Å²) >= 11 is 0. The van der Waals surface area contributed by atoms with Crippen LogP contribution >= 0.6 is 0 Å². The van der Waals surface area contributed by atoms with E-state index in [1.165, 1.54) is 16.7 Å². The highest BCUT2D eigenvalue weighted by Crippen LogP contribution is 2.45. The van der Waals surface area contributed by atoms with Crippen LogP contribution in [0.25, 0.3) is 0 Å². The van der Waals surface area contributed by atoms with Crippen molar-refractivity contribution in [3.63, 3.8) is 0 Å². The Labute approximate surface area is 155 Å². The van der Waals surface area contributed by atoms with Crippen LogP contribution in [0.3, 0.4) is 0 Å². The third kappa shape index (κ3) is 2.76. The molecule has 0 aliphatic carbocycles. The van der Waals surface area contributed by atoms with E-state index in [0.717, 1.165) is 19.4 Å². The molecule has 1 N–H and O–H groups in total. The largest absolute Gasteiger partial charge is 0.395 e. The van der Waals surface area contributed by atoms with Crippen LogP contribution in [0, 0.1) is 0 Å². The van der Waals surface area contributed by atoms with Crippen molar-refractivity contribution in [2.75, 3.05) is 13.2 Å². The molecular formula is C24H25NO. The van der Waals surface area contributed by atoms with Crippen molar-refractivity contribution in [2.24, 2.45) is 0 Å². The minimum absolute atomic E-state index is 0.163. The third-order valence-corrected chi connectivity index (χ3v) is 5.59. The molecule has 0 bridgehead atoms. The smallest absolute Gasteiger partial charge is 0.0976 e. The SMILES string of the molecule is OCC1CCCN1C(c1ccccc1)(c1ccccc1)c1ccccc1. The topological polar surface area (TPSA) is 23.5 Å². The van der Waals surface area contributed by atoms with Gasteiger partial charge >= 0.3 is 0 Å². The van der Waals surface area contributed by atoms with Gasteiger partial charge in [0.15, 0.2) is 0 Å². The molecule has 1 aliphatic rings. The molecule has 1 unspecified atom stereocenters. The van der Waals surface area contributed by atoms with E-state index in [2.05, 4.69) is 95.9 Å². The number of aliphatic hydroxyl groups excluding tert-OH is 1. The van der Waals surface area contributed by atoms with Gasteiger partial charge in [-0.2, -0.15) is 0 Å². The molecule has 0 amide bonds. The lowest BCUT2D eigenvalue weighted by Crippen LogP contribution is -2.51. The van der Waals surface area contributed by atoms with E-state index < -0.39 is 5.54 Å². The van der Waals surface area contributed by atoms with Gasteiger partial charge in [-0.3, -0.25) is 4.90 Å². The Hall–Kier alpha value is -2.42. The van der Waals surface area contributed by atoms with Crippen molar-refractivity contribution in [3.05, 3.63) is 108 Å². The molecule has 0 spiro atoms. The average Bonchev–Trinajstić information content (AvgIpc) is 3.20. The molecule has 1 atom stereocenters. The van der Waals surface area contributed by atoms with Crippen molar-refractivity contribution in [1.29, 1.82) is 0 Å². The van der Waals surface area contributed by atoms with Gasteiger partial charge in [0.2, 0.25) is 0 Å². The van der Waals surface area contributed by atoms with Crippen molar-refractivity contribution in [3.8, 4) is 0 Å². The molecule has 1 fully saturated rings. The normalized spacial score (nSPS) is 18.1. The second-order valence-corrected chi connectivity index (χ2v) is 6.98. The Morgan fingerprint density at radius 1 is 0.731 bits per heavy atom. The van der Waals surface area contributed by atoms with E-state index in [1.54, 1.807) is 0 Å². The Morgan fingerprint density at radius 2 is 1.15 bits per heavy atom. The minimum atomic E-state index is -0.395. The number of nitrogens with zero attached hydrogens (tertiary/aromatic N) is 1. The molecule has 1 heterocycles. The lowest BCUT2D eigenvalue weighted by atomic mass is 9.75. The maximum atomic E-state index is 10.1. The van der Waals surface area contributed by atoms with Crippen LogP contribution in [0.1, 0.15) is 29.5 Å². The van der Waals surface area contributed by atoms with Crippen LogP contribution in [0.5, 0.6) is 0 Å². The molecule has 0 saturated carbocycles. The number of hydrogen-bond acceptors (Lipinski definition) is 2. The van der Waals surface area contributed by atoms with Gasteiger partial charge in [-0.15, -0.1) is 0 Å². The Morgan fingerprint density at radius 3 is 1.54 bits per heavy atom. The zero-order chi connectivity index (χ0) is 17.8. The Bertz CT molecular complexity index is 720. The number of likely N-dealkylation sites (tertiary alicyclic amines) is 1. The van der Waals surface area contributed by atoms with E-state index in [-0.39, 0.29) is 12.6 Å². The molecule has 26 heavy (non-hydrogen) atoms. The highest BCUT2D eigenvalue weighted by Gasteiger charge is 2.46. The zero-order valence-electron chi connectivity index (χ0n) is 15.0. The first-order chi connectivity index (χ1) is 12.9. The minimum Gasteiger partial charge on any atom is -0.395 e. The lowest BCUT2D eigenvalue weighted by Gasteiger charge is -2.46. The van der Waals surface area contributed by atoms with Crippen LogP contribution in [-0.2, 0) is 5.54 Å². The van der Waals surface area contributed by atoms with Crippen LogP contribution < -0.4 is 0 Å². The first-order valence-electron chi connectivity index (χ1n) is 9.41. The van der Waals surface area contributed by atoms with E-state index in [0.29, 0.717) is 0 Å². The summed E-state index contributed by atoms with van der Waals surface area (Å²) in [6.07, 6.45) is 2.14. The van der Waals surface area contributed by atoms with Gasteiger partial charge in [-0.25, -0.2) is 0 Å². The average molecular weight is 343 g/mol. The maximum absolute atomic E-state index is 10.1. The van der Waals surface area contributed by atoms with E-state index in [1.807, 2.05) is 0 Å². The van der Waals surface area contributed by atoms with Gasteiger partial charge in [0.05, 0.1) is 12.1 Å². The molecule has 1 aliphatic heterocycles. The Kier molecular flexibility index (Phi) is 4.87. The molecular weight excluding hydrogens is 318 g/mol. The van der Waals surface area contributed by atoms with Gasteiger partial charge in [-0.05, 0) is 29.5 Å². The number of hydrogen-bond donors (Lipinski definition) is 1. The van der Waals surface area contributed by atoms with Crippen LogP contribution in [0.2, 0.25) is 0 Å². The van der Waals surface area contributed by atoms with Crippen LogP contribution in [0.4, 0.5) is 0 Å². The molecule has 3 aromatic rings. The van der Waals surface area contributed by atoms with Crippen LogP contribution in [0.15, 0.2) is 91.0 Å². The van der Waals surface area contributed by atoms with Crippen LogP contribution in [-0.4, -0.2) is 29.2 Å². The summed E-state index contributed by atoms with van der Waals surface area (Å²) in [6, 6.07) is 32.3. The maximum Gasteiger partial charge on any atom is 0.0976 e. The second kappa shape index (κ2) is 7.45. The van der Waals surface area contributed by atoms with Gasteiger partial charge < -0.3 is 5.11 Å². The lowest BCUT2D eigenvalue weighted by molar-refractivity contribution is 0.0929. The zero-order valence-corrected chi connectivity index (χ0v) is 15.0. The van der Waals surface area contributed by atoms with E-state index >= 15 is 0 Å². The number of rotatable bonds is 5. The Balaban J connectivity index is 2.04. The predicted octanol–water partition coefficient (Wildman–Crippen LogP) is 4.44. The highest BCUT2D eigenvalue weighted by atomic mass is 16.3. The first-order valence-corrected chi connectivity index (χ1v) is 9.41. The van der Waals surface area contributed by atoms with Crippen molar-refractivity contribution >= 4 is 0 Å². The molecule has 3 aromatic carbocycles. The van der Waals surface area contributed by atoms with E-state index in [4.69, 9.17) is 0 Å². The highest BCUT2D eigenvalue weighted by molar-refractivity contribution is 5.50. The third-order valence-electron chi connectivity index (χ3n) is 5.59. The van der Waals surface area contributed by atoms with Crippen molar-refractivity contribution < 1.29 is 5.11 Å². The monoisotopic (exact) mass is 343 g/mol. The standard InChI is InChI=1S/C24H25NO/c26-19-23-17-10-18-25(23)24(20-11-4-1-5-12-20,21-13-6-2-7-14-21)22-15-8-3-9-16-22/h1-9,11-16,23,26H,10,17-19H2. The predicted molar refractivity (Wildman–Crippen MR) is 106 cm³/mol. The van der Waals surface area contributed by atoms with Crippen molar-refractivity contribution in [2.45, 2.75) is 24.4 Å². The molecule has 4 rings (SSSR count). The molecule has 0 radical (unpaired) electrons. The van der Waals surface area contributed by atoms with Gasteiger partial charge in [0.25, 0.3) is 0 Å². The molecule has 2 heteroatoms. The molecule has 1 saturated heterocycles. The van der Waals surface area contributed by atoms with Crippen molar-refractivity contribution in [1.82, 2.24) is 4.90 Å². The van der Waals surface area contributed by atoms with Gasteiger partial charge in [0, 0.05) is 12.6 Å². The van der Waals surface area contributed by atoms with Gasteiger partial charge in [-0.1, -0.05) is 91.0 Å². The fourth-order valence-corrected chi connectivity index (χ4v) is 4.50. The summed E-state index contributed by atoms with van der Waals surface area (Å²) in [6.45, 7) is 1.16. The number of benzene rings is 3. The number of aliphatic hydroxyl groups is 1. The summed E-state index contributed by atoms with van der Waals surface area (Å²) in [4.78, 5) is 2.51. The second-order valence-electron chi connectivity index (χ2n) is 6.98. The summed E-state index contributed by atoms with van der Waals surface area (Å²) < 4.78 is 0. The summed E-state index contributed by atoms with van der Waals surface area (Å²) in [5, 5.41) is 10.1. The quantitative estimate of drug-likeness (QED) is 0.693. The van der Waals surface area contributed by atoms with E-state index in [9.17, 15) is 5.11 Å². The summed E-state index contributed by atoms with van der Waals surface area (Å²) in [7, 11) is 0. The fourth-order valence-electron chi connectivity index (χ4n) is 4.50.